The van der Waals surface area contributed by atoms with E-state index in [1.165, 1.54) is 12.1 Å². The Morgan fingerprint density at radius 1 is 0.763 bits per heavy atom. The standard InChI is InChI=1S/C28H48O9S/c1-5-8-17-32-25-24(21-36-38(30,31)23-14-12-22(4)13-15-23)37-28(35-20-11-16-29)27(34-19-10-7-3)26(25)33-18-9-6-2/h12-15,24-29H,5-11,16-21H2,1-4H3/t24-,25-,26+,27-,28+/m1/s1. The molecule has 0 saturated carbocycles. The van der Waals surface area contributed by atoms with Gasteiger partial charge < -0.3 is 28.8 Å². The Kier molecular flexibility index (Phi) is 15.9. The molecule has 1 saturated heterocycles. The molecule has 1 fully saturated rings. The van der Waals surface area contributed by atoms with Crippen LogP contribution in [-0.4, -0.2) is 83.9 Å². The summed E-state index contributed by atoms with van der Waals surface area (Å²) >= 11 is 0. The van der Waals surface area contributed by atoms with E-state index in [-0.39, 0.29) is 24.7 Å². The van der Waals surface area contributed by atoms with E-state index in [1.807, 2.05) is 6.92 Å². The highest BCUT2D eigenvalue weighted by Gasteiger charge is 2.49. The molecule has 1 heterocycles. The molecule has 0 spiro atoms. The zero-order valence-corrected chi connectivity index (χ0v) is 24.3. The fourth-order valence-electron chi connectivity index (χ4n) is 4.00. The number of hydrogen-bond donors (Lipinski definition) is 1. The van der Waals surface area contributed by atoms with Gasteiger partial charge in [0.1, 0.15) is 24.4 Å². The Bertz CT molecular complexity index is 846. The average molecular weight is 561 g/mol. The molecule has 1 aliphatic rings. The van der Waals surface area contributed by atoms with Crippen LogP contribution in [0, 0.1) is 6.92 Å². The number of hydrogen-bond acceptors (Lipinski definition) is 9. The average Bonchev–Trinajstić information content (AvgIpc) is 2.90. The van der Waals surface area contributed by atoms with Crippen molar-refractivity contribution < 1.29 is 41.4 Å². The lowest BCUT2D eigenvalue weighted by Gasteiger charge is -2.45. The quantitative estimate of drug-likeness (QED) is 0.183. The molecule has 0 bridgehead atoms. The Hall–Kier alpha value is -1.11. The molecule has 10 heteroatoms. The van der Waals surface area contributed by atoms with Crippen molar-refractivity contribution in [3.8, 4) is 0 Å². The van der Waals surface area contributed by atoms with Crippen LogP contribution in [0.4, 0.5) is 0 Å². The van der Waals surface area contributed by atoms with Crippen LogP contribution in [0.5, 0.6) is 0 Å². The summed E-state index contributed by atoms with van der Waals surface area (Å²) in [6.07, 6.45) is 2.54. The summed E-state index contributed by atoms with van der Waals surface area (Å²) in [5, 5.41) is 9.26. The van der Waals surface area contributed by atoms with E-state index in [2.05, 4.69) is 20.8 Å². The lowest BCUT2D eigenvalue weighted by atomic mass is 9.98. The maximum absolute atomic E-state index is 12.9. The normalized spacial score (nSPS) is 24.1. The fourth-order valence-corrected chi connectivity index (χ4v) is 4.92. The molecule has 220 valence electrons. The van der Waals surface area contributed by atoms with Gasteiger partial charge in [-0.1, -0.05) is 57.7 Å². The number of rotatable bonds is 20. The minimum Gasteiger partial charge on any atom is -0.396 e. The van der Waals surface area contributed by atoms with E-state index in [9.17, 15) is 13.5 Å². The lowest BCUT2D eigenvalue weighted by Crippen LogP contribution is -2.62. The second kappa shape index (κ2) is 18.3. The molecule has 0 aliphatic carbocycles. The molecule has 1 N–H and O–H groups in total. The van der Waals surface area contributed by atoms with Crippen LogP contribution in [0.15, 0.2) is 29.2 Å². The van der Waals surface area contributed by atoms with E-state index in [0.29, 0.717) is 26.2 Å². The summed E-state index contributed by atoms with van der Waals surface area (Å²) in [6.45, 7) is 9.59. The molecular formula is C28H48O9S. The van der Waals surface area contributed by atoms with E-state index in [1.54, 1.807) is 12.1 Å². The summed E-state index contributed by atoms with van der Waals surface area (Å²) in [5.41, 5.74) is 0.952. The van der Waals surface area contributed by atoms with Gasteiger partial charge in [0, 0.05) is 26.4 Å². The van der Waals surface area contributed by atoms with Crippen LogP contribution in [0.25, 0.3) is 0 Å². The van der Waals surface area contributed by atoms with Crippen LogP contribution >= 0.6 is 0 Å². The van der Waals surface area contributed by atoms with Crippen LogP contribution in [-0.2, 0) is 38.0 Å². The van der Waals surface area contributed by atoms with Crippen molar-refractivity contribution in [2.45, 2.75) is 108 Å². The number of unbranched alkanes of at least 4 members (excludes halogenated alkanes) is 3. The summed E-state index contributed by atoms with van der Waals surface area (Å²) < 4.78 is 62.5. The maximum Gasteiger partial charge on any atom is 0.297 e. The number of ether oxygens (including phenoxy) is 5. The Labute approximate surface area is 229 Å². The van der Waals surface area contributed by atoms with Crippen LogP contribution in [0.1, 0.15) is 71.3 Å². The minimum atomic E-state index is -4.01. The number of aliphatic hydroxyl groups excluding tert-OH is 1. The molecule has 0 radical (unpaired) electrons. The van der Waals surface area contributed by atoms with Crippen molar-refractivity contribution in [2.75, 3.05) is 39.6 Å². The van der Waals surface area contributed by atoms with E-state index in [0.717, 1.165) is 44.1 Å². The molecule has 2 rings (SSSR count). The van der Waals surface area contributed by atoms with Gasteiger partial charge in [-0.2, -0.15) is 8.42 Å². The van der Waals surface area contributed by atoms with Crippen LogP contribution in [0.3, 0.4) is 0 Å². The molecule has 1 aromatic carbocycles. The summed E-state index contributed by atoms with van der Waals surface area (Å²) in [5.74, 6) is 0. The molecule has 5 atom stereocenters. The van der Waals surface area contributed by atoms with Gasteiger partial charge in [-0.25, -0.2) is 0 Å². The van der Waals surface area contributed by atoms with E-state index in [4.69, 9.17) is 27.9 Å². The third-order valence-electron chi connectivity index (χ3n) is 6.30. The maximum atomic E-state index is 12.9. The molecule has 0 unspecified atom stereocenters. The van der Waals surface area contributed by atoms with E-state index < -0.39 is 40.8 Å². The molecule has 38 heavy (non-hydrogen) atoms. The van der Waals surface area contributed by atoms with Crippen molar-refractivity contribution in [3.05, 3.63) is 29.8 Å². The van der Waals surface area contributed by atoms with Crippen molar-refractivity contribution >= 4 is 10.1 Å². The smallest absolute Gasteiger partial charge is 0.297 e. The highest BCUT2D eigenvalue weighted by Crippen LogP contribution is 2.31. The van der Waals surface area contributed by atoms with Gasteiger partial charge in [-0.05, 0) is 44.7 Å². The molecule has 0 aromatic heterocycles. The lowest BCUT2D eigenvalue weighted by molar-refractivity contribution is -0.321. The van der Waals surface area contributed by atoms with Crippen LogP contribution < -0.4 is 0 Å². The molecule has 0 amide bonds. The molecule has 1 aromatic rings. The van der Waals surface area contributed by atoms with Crippen molar-refractivity contribution in [1.82, 2.24) is 0 Å². The number of benzene rings is 1. The highest BCUT2D eigenvalue weighted by atomic mass is 32.2. The van der Waals surface area contributed by atoms with Crippen molar-refractivity contribution in [3.63, 3.8) is 0 Å². The van der Waals surface area contributed by atoms with Gasteiger partial charge in [0.2, 0.25) is 0 Å². The highest BCUT2D eigenvalue weighted by molar-refractivity contribution is 7.86. The second-order valence-corrected chi connectivity index (χ2v) is 11.2. The minimum absolute atomic E-state index is 0.0193. The third-order valence-corrected chi connectivity index (χ3v) is 7.59. The molecular weight excluding hydrogens is 512 g/mol. The van der Waals surface area contributed by atoms with Gasteiger partial charge in [0.25, 0.3) is 10.1 Å². The summed E-state index contributed by atoms with van der Waals surface area (Å²) in [7, 11) is -4.01. The number of aliphatic hydroxyl groups is 1. The Morgan fingerprint density at radius 3 is 1.84 bits per heavy atom. The zero-order chi connectivity index (χ0) is 27.8. The first-order chi connectivity index (χ1) is 18.4. The van der Waals surface area contributed by atoms with E-state index >= 15 is 0 Å². The Balaban J connectivity index is 2.31. The first-order valence-electron chi connectivity index (χ1n) is 14.1. The first kappa shape index (κ1) is 33.1. The largest absolute Gasteiger partial charge is 0.396 e. The summed E-state index contributed by atoms with van der Waals surface area (Å²) in [6, 6.07) is 6.50. The predicted octanol–water partition coefficient (Wildman–Crippen LogP) is 4.38. The topological polar surface area (TPSA) is 110 Å². The van der Waals surface area contributed by atoms with Crippen LogP contribution in [0.2, 0.25) is 0 Å². The molecule has 1 aliphatic heterocycles. The van der Waals surface area contributed by atoms with Gasteiger partial charge >= 0.3 is 0 Å². The first-order valence-corrected chi connectivity index (χ1v) is 15.5. The van der Waals surface area contributed by atoms with Gasteiger partial charge in [0.15, 0.2) is 6.29 Å². The third kappa shape index (κ3) is 10.8. The van der Waals surface area contributed by atoms with Crippen molar-refractivity contribution in [1.29, 1.82) is 0 Å². The number of aryl methyl sites for hydroxylation is 1. The second-order valence-electron chi connectivity index (χ2n) is 9.61. The van der Waals surface area contributed by atoms with Crippen molar-refractivity contribution in [2.24, 2.45) is 0 Å². The monoisotopic (exact) mass is 560 g/mol. The zero-order valence-electron chi connectivity index (χ0n) is 23.5. The summed E-state index contributed by atoms with van der Waals surface area (Å²) in [4.78, 5) is 0.0784. The predicted molar refractivity (Wildman–Crippen MR) is 145 cm³/mol. The Morgan fingerprint density at radius 2 is 1.29 bits per heavy atom. The van der Waals surface area contributed by atoms with Gasteiger partial charge in [0.05, 0.1) is 18.1 Å². The molecule has 9 nitrogen and oxygen atoms in total. The van der Waals surface area contributed by atoms with Gasteiger partial charge in [-0.3, -0.25) is 4.18 Å². The SMILES string of the molecule is CCCCO[C@@H]1[C@@H](OCCCC)[C@@H](OCCCO)O[C@H](COS(=O)(=O)c2ccc(C)cc2)[C@H]1OCCCC. The fraction of sp³-hybridized carbons (Fsp3) is 0.786. The van der Waals surface area contributed by atoms with Gasteiger partial charge in [-0.15, -0.1) is 0 Å².